The molecule has 3 N–H and O–H groups in total. The van der Waals surface area contributed by atoms with Crippen LogP contribution in [0.15, 0.2) is 72.8 Å². The predicted octanol–water partition coefficient (Wildman–Crippen LogP) is 6.88. The average molecular weight is 431 g/mol. The largest absolute Gasteiger partial charge is 0.506 e. The van der Waals surface area contributed by atoms with Gasteiger partial charge in [-0.3, -0.25) is 0 Å². The Morgan fingerprint density at radius 3 is 1.81 bits per heavy atom. The van der Waals surface area contributed by atoms with Crippen molar-refractivity contribution in [1.82, 2.24) is 0 Å². The molecular weight excluding hydrogens is 408 g/mol. The predicted molar refractivity (Wildman–Crippen MR) is 132 cm³/mol. The molecule has 0 radical (unpaired) electrons. The van der Waals surface area contributed by atoms with Crippen LogP contribution in [0.2, 0.25) is 5.02 Å². The second-order valence-corrected chi connectivity index (χ2v) is 7.88. The third-order valence-corrected chi connectivity index (χ3v) is 5.53. The Morgan fingerprint density at radius 1 is 0.742 bits per heavy atom. The van der Waals surface area contributed by atoms with E-state index in [1.54, 1.807) is 24.3 Å². The molecule has 156 valence electrons. The average Bonchev–Trinajstić information content (AvgIpc) is 2.80. The summed E-state index contributed by atoms with van der Waals surface area (Å²) in [4.78, 5) is 2.07. The number of nitrogens with zero attached hydrogens (tertiary/aromatic N) is 1. The SMILES string of the molecule is CN(C)c1ccc(/C=C/c2ccc(Nc3c(Cl)c(O)c4ccccc4c3O)cc2)cc1. The van der Waals surface area contributed by atoms with Gasteiger partial charge < -0.3 is 20.4 Å². The van der Waals surface area contributed by atoms with Crippen LogP contribution >= 0.6 is 11.6 Å². The number of fused-ring (bicyclic) bond motifs is 1. The zero-order valence-corrected chi connectivity index (χ0v) is 18.1. The van der Waals surface area contributed by atoms with Gasteiger partial charge in [-0.1, -0.05) is 72.3 Å². The summed E-state index contributed by atoms with van der Waals surface area (Å²) in [6.45, 7) is 0. The molecule has 0 aliphatic rings. The molecule has 0 aromatic heterocycles. The van der Waals surface area contributed by atoms with Crippen LogP contribution in [-0.4, -0.2) is 24.3 Å². The van der Waals surface area contributed by atoms with Crippen LogP contribution < -0.4 is 10.2 Å². The van der Waals surface area contributed by atoms with Crippen molar-refractivity contribution in [3.05, 3.63) is 88.9 Å². The van der Waals surface area contributed by atoms with E-state index < -0.39 is 0 Å². The lowest BCUT2D eigenvalue weighted by molar-refractivity contribution is 0.471. The van der Waals surface area contributed by atoms with Gasteiger partial charge in [0.05, 0.1) is 0 Å². The number of rotatable bonds is 5. The Labute approximate surface area is 186 Å². The summed E-state index contributed by atoms with van der Waals surface area (Å²) in [6.07, 6.45) is 4.10. The van der Waals surface area contributed by atoms with Crippen LogP contribution in [0.25, 0.3) is 22.9 Å². The Balaban J connectivity index is 1.54. The molecule has 0 atom stereocenters. The summed E-state index contributed by atoms with van der Waals surface area (Å²) in [5, 5.41) is 25.3. The first kappa shape index (κ1) is 20.6. The Hall–Kier alpha value is -3.63. The zero-order valence-electron chi connectivity index (χ0n) is 17.3. The van der Waals surface area contributed by atoms with Crippen molar-refractivity contribution in [2.24, 2.45) is 0 Å². The van der Waals surface area contributed by atoms with Crippen LogP contribution in [-0.2, 0) is 0 Å². The summed E-state index contributed by atoms with van der Waals surface area (Å²) >= 11 is 6.32. The number of aromatic hydroxyl groups is 2. The number of anilines is 3. The summed E-state index contributed by atoms with van der Waals surface area (Å²) in [7, 11) is 4.04. The Morgan fingerprint density at radius 2 is 1.26 bits per heavy atom. The lowest BCUT2D eigenvalue weighted by Gasteiger charge is -2.15. The van der Waals surface area contributed by atoms with Gasteiger partial charge in [0.1, 0.15) is 22.2 Å². The zero-order chi connectivity index (χ0) is 22.0. The first-order valence-electron chi connectivity index (χ1n) is 9.88. The number of benzene rings is 4. The van der Waals surface area contributed by atoms with E-state index in [1.165, 1.54) is 0 Å². The molecule has 31 heavy (non-hydrogen) atoms. The second kappa shape index (κ2) is 8.62. The minimum atomic E-state index is -0.0580. The number of halogens is 1. The molecular formula is C26H23ClN2O2. The molecule has 4 nitrogen and oxygen atoms in total. The van der Waals surface area contributed by atoms with Gasteiger partial charge in [0.25, 0.3) is 0 Å². The molecule has 0 aliphatic carbocycles. The van der Waals surface area contributed by atoms with Gasteiger partial charge in [0.2, 0.25) is 0 Å². The van der Waals surface area contributed by atoms with E-state index in [4.69, 9.17) is 11.6 Å². The van der Waals surface area contributed by atoms with Gasteiger partial charge in [-0.2, -0.15) is 0 Å². The fourth-order valence-corrected chi connectivity index (χ4v) is 3.62. The number of phenolic OH excluding ortho intramolecular Hbond substituents is 2. The molecule has 0 fully saturated rings. The van der Waals surface area contributed by atoms with Gasteiger partial charge in [-0.25, -0.2) is 0 Å². The number of hydrogen-bond donors (Lipinski definition) is 3. The first-order chi connectivity index (χ1) is 14.9. The minimum Gasteiger partial charge on any atom is -0.506 e. The highest BCUT2D eigenvalue weighted by Gasteiger charge is 2.17. The molecule has 5 heteroatoms. The Bertz CT molecular complexity index is 1250. The molecule has 4 aromatic rings. The van der Waals surface area contributed by atoms with Crippen molar-refractivity contribution in [3.8, 4) is 11.5 Å². The van der Waals surface area contributed by atoms with Crippen LogP contribution in [0, 0.1) is 0 Å². The number of nitrogens with one attached hydrogen (secondary N) is 1. The minimum absolute atomic E-state index is 0.00328. The van der Waals surface area contributed by atoms with E-state index >= 15 is 0 Å². The van der Waals surface area contributed by atoms with Crippen molar-refractivity contribution in [2.75, 3.05) is 24.3 Å². The molecule has 0 saturated carbocycles. The van der Waals surface area contributed by atoms with Crippen molar-refractivity contribution in [2.45, 2.75) is 0 Å². The van der Waals surface area contributed by atoms with Gasteiger partial charge in [0.15, 0.2) is 0 Å². The lowest BCUT2D eigenvalue weighted by atomic mass is 10.1. The van der Waals surface area contributed by atoms with Crippen molar-refractivity contribution >= 4 is 51.6 Å². The highest BCUT2D eigenvalue weighted by atomic mass is 35.5. The van der Waals surface area contributed by atoms with Crippen molar-refractivity contribution < 1.29 is 10.2 Å². The summed E-state index contributed by atoms with van der Waals surface area (Å²) in [6, 6.07) is 23.1. The van der Waals surface area contributed by atoms with Gasteiger partial charge in [0, 0.05) is 36.2 Å². The van der Waals surface area contributed by atoms with E-state index in [0.29, 0.717) is 10.8 Å². The molecule has 4 rings (SSSR count). The normalized spacial score (nSPS) is 11.2. The van der Waals surface area contributed by atoms with E-state index in [0.717, 1.165) is 22.5 Å². The lowest BCUT2D eigenvalue weighted by Crippen LogP contribution is -2.07. The maximum absolute atomic E-state index is 10.7. The molecule has 0 bridgehead atoms. The first-order valence-corrected chi connectivity index (χ1v) is 10.3. The van der Waals surface area contributed by atoms with Gasteiger partial charge in [-0.15, -0.1) is 0 Å². The fourth-order valence-electron chi connectivity index (χ4n) is 3.38. The maximum Gasteiger partial charge on any atom is 0.148 e. The van der Waals surface area contributed by atoms with Crippen LogP contribution in [0.1, 0.15) is 11.1 Å². The van der Waals surface area contributed by atoms with Crippen LogP contribution in [0.5, 0.6) is 11.5 Å². The molecule has 0 spiro atoms. The molecule has 0 unspecified atom stereocenters. The topological polar surface area (TPSA) is 55.7 Å². The number of phenols is 2. The Kier molecular flexibility index (Phi) is 5.74. The van der Waals surface area contributed by atoms with E-state index in [2.05, 4.69) is 40.6 Å². The highest BCUT2D eigenvalue weighted by molar-refractivity contribution is 6.37. The number of hydrogen-bond acceptors (Lipinski definition) is 4. The molecule has 0 amide bonds. The smallest absolute Gasteiger partial charge is 0.148 e. The van der Waals surface area contributed by atoms with E-state index in [-0.39, 0.29) is 22.2 Å². The molecule has 4 aromatic carbocycles. The fraction of sp³-hybridized carbons (Fsp3) is 0.0769. The van der Waals surface area contributed by atoms with Crippen LogP contribution in [0.4, 0.5) is 17.1 Å². The maximum atomic E-state index is 10.7. The third-order valence-electron chi connectivity index (χ3n) is 5.16. The van der Waals surface area contributed by atoms with Gasteiger partial charge in [-0.05, 0) is 35.4 Å². The summed E-state index contributed by atoms with van der Waals surface area (Å²) in [5.74, 6) is -0.0547. The van der Waals surface area contributed by atoms with E-state index in [9.17, 15) is 10.2 Å². The van der Waals surface area contributed by atoms with E-state index in [1.807, 2.05) is 44.4 Å². The summed E-state index contributed by atoms with van der Waals surface area (Å²) < 4.78 is 0. The monoisotopic (exact) mass is 430 g/mol. The standard InChI is InChI=1S/C26H23ClN2O2/c1-29(2)20-15-11-18(12-16-20)8-7-17-9-13-19(14-10-17)28-24-23(27)25(30)21-5-3-4-6-22(21)26(24)31/h3-16,28,30-31H,1-2H3/b8-7+. The molecule has 0 aliphatic heterocycles. The van der Waals surface area contributed by atoms with Gasteiger partial charge >= 0.3 is 0 Å². The quantitative estimate of drug-likeness (QED) is 0.183. The van der Waals surface area contributed by atoms with Crippen molar-refractivity contribution in [1.29, 1.82) is 0 Å². The molecule has 0 saturated heterocycles. The third kappa shape index (κ3) is 4.30. The second-order valence-electron chi connectivity index (χ2n) is 7.50. The van der Waals surface area contributed by atoms with Crippen LogP contribution in [0.3, 0.4) is 0 Å². The highest BCUT2D eigenvalue weighted by Crippen LogP contribution is 2.46. The van der Waals surface area contributed by atoms with Crippen molar-refractivity contribution in [3.63, 3.8) is 0 Å². The molecule has 0 heterocycles. The summed E-state index contributed by atoms with van der Waals surface area (Å²) in [5.41, 5.74) is 4.35.